The largest absolute Gasteiger partial charge is 0.302 e. The van der Waals surface area contributed by atoms with E-state index in [-0.39, 0.29) is 17.1 Å². The van der Waals surface area contributed by atoms with Crippen LogP contribution in [0.25, 0.3) is 11.4 Å². The minimum absolute atomic E-state index is 0.108. The number of aromatic nitrogens is 3. The second-order valence-electron chi connectivity index (χ2n) is 7.48. The van der Waals surface area contributed by atoms with E-state index in [4.69, 9.17) is 0 Å². The van der Waals surface area contributed by atoms with Gasteiger partial charge >= 0.3 is 0 Å². The van der Waals surface area contributed by atoms with Gasteiger partial charge in [0, 0.05) is 17.0 Å². The van der Waals surface area contributed by atoms with Crippen LogP contribution in [-0.4, -0.2) is 32.6 Å². The first-order chi connectivity index (χ1) is 13.9. The van der Waals surface area contributed by atoms with Crippen LogP contribution in [0.2, 0.25) is 0 Å². The number of thiophene rings is 1. The molecule has 1 aromatic carbocycles. The standard InChI is InChI=1S/C21H25N5OS2/c1-5-26-19(15-8-10-16(11-9-15)21(2,3)4)24-25-20(26)29-14-18(27)23-22-13-17-7-6-12-28-17/h6-13H,5,14H2,1-4H3,(H,23,27). The SMILES string of the molecule is CCn1c(SCC(=O)NN=Cc2cccs2)nnc1-c1ccc(C(C)(C)C)cc1. The van der Waals surface area contributed by atoms with Crippen molar-refractivity contribution in [1.82, 2.24) is 20.2 Å². The van der Waals surface area contributed by atoms with Gasteiger partial charge in [-0.05, 0) is 29.3 Å². The van der Waals surface area contributed by atoms with E-state index in [0.717, 1.165) is 28.0 Å². The van der Waals surface area contributed by atoms with Crippen LogP contribution in [0, 0.1) is 0 Å². The van der Waals surface area contributed by atoms with Gasteiger partial charge < -0.3 is 4.57 Å². The lowest BCUT2D eigenvalue weighted by Gasteiger charge is -2.19. The lowest BCUT2D eigenvalue weighted by Crippen LogP contribution is -2.19. The monoisotopic (exact) mass is 427 g/mol. The molecule has 0 unspecified atom stereocenters. The van der Waals surface area contributed by atoms with Crippen LogP contribution < -0.4 is 5.43 Å². The van der Waals surface area contributed by atoms with Crippen LogP contribution in [0.1, 0.15) is 38.1 Å². The molecule has 152 valence electrons. The van der Waals surface area contributed by atoms with Crippen LogP contribution in [-0.2, 0) is 16.8 Å². The Morgan fingerprint density at radius 1 is 1.24 bits per heavy atom. The van der Waals surface area contributed by atoms with Crippen molar-refractivity contribution in [2.75, 3.05) is 5.75 Å². The fraction of sp³-hybridized carbons (Fsp3) is 0.333. The first-order valence-corrected chi connectivity index (χ1v) is 11.3. The highest BCUT2D eigenvalue weighted by atomic mass is 32.2. The average Bonchev–Trinajstić information content (AvgIpc) is 3.35. The molecular formula is C21H25N5OS2. The molecule has 6 nitrogen and oxygen atoms in total. The summed E-state index contributed by atoms with van der Waals surface area (Å²) < 4.78 is 2.03. The number of carbonyl (C=O) groups excluding carboxylic acids is 1. The van der Waals surface area contributed by atoms with E-state index in [1.54, 1.807) is 17.6 Å². The molecule has 2 heterocycles. The van der Waals surface area contributed by atoms with E-state index in [1.807, 2.05) is 29.0 Å². The first kappa shape index (κ1) is 21.3. The van der Waals surface area contributed by atoms with Gasteiger partial charge in [0.15, 0.2) is 11.0 Å². The van der Waals surface area contributed by atoms with E-state index in [9.17, 15) is 4.79 Å². The van der Waals surface area contributed by atoms with Crippen molar-refractivity contribution < 1.29 is 4.79 Å². The highest BCUT2D eigenvalue weighted by Gasteiger charge is 2.17. The fourth-order valence-corrected chi connectivity index (χ4v) is 4.09. The van der Waals surface area contributed by atoms with Crippen molar-refractivity contribution in [3.63, 3.8) is 0 Å². The summed E-state index contributed by atoms with van der Waals surface area (Å²) in [7, 11) is 0. The van der Waals surface area contributed by atoms with Crippen LogP contribution in [0.4, 0.5) is 0 Å². The maximum absolute atomic E-state index is 12.1. The van der Waals surface area contributed by atoms with E-state index in [0.29, 0.717) is 0 Å². The van der Waals surface area contributed by atoms with Gasteiger partial charge in [-0.1, -0.05) is 62.9 Å². The molecule has 3 rings (SSSR count). The molecule has 0 bridgehead atoms. The molecule has 0 fully saturated rings. The smallest absolute Gasteiger partial charge is 0.250 e. The number of amides is 1. The minimum Gasteiger partial charge on any atom is -0.302 e. The van der Waals surface area contributed by atoms with Gasteiger partial charge in [-0.3, -0.25) is 4.79 Å². The molecule has 3 aromatic rings. The molecule has 1 N–H and O–H groups in total. The number of hydrogen-bond donors (Lipinski definition) is 1. The zero-order valence-corrected chi connectivity index (χ0v) is 18.7. The van der Waals surface area contributed by atoms with E-state index < -0.39 is 0 Å². The number of thioether (sulfide) groups is 1. The Morgan fingerprint density at radius 3 is 2.62 bits per heavy atom. The van der Waals surface area contributed by atoms with Crippen LogP contribution in [0.3, 0.4) is 0 Å². The van der Waals surface area contributed by atoms with Crippen molar-refractivity contribution in [3.05, 3.63) is 52.2 Å². The Hall–Kier alpha value is -2.45. The predicted molar refractivity (Wildman–Crippen MR) is 121 cm³/mol. The molecular weight excluding hydrogens is 402 g/mol. The summed E-state index contributed by atoms with van der Waals surface area (Å²) in [4.78, 5) is 13.0. The number of rotatable bonds is 7. The zero-order chi connectivity index (χ0) is 20.9. The molecule has 0 aliphatic carbocycles. The number of hydrogen-bond acceptors (Lipinski definition) is 6. The number of carbonyl (C=O) groups is 1. The summed E-state index contributed by atoms with van der Waals surface area (Å²) >= 11 is 2.92. The Labute approximate surface area is 179 Å². The van der Waals surface area contributed by atoms with Gasteiger partial charge in [0.2, 0.25) is 0 Å². The Morgan fingerprint density at radius 2 is 2.00 bits per heavy atom. The second-order valence-corrected chi connectivity index (χ2v) is 9.40. The fourth-order valence-electron chi connectivity index (χ4n) is 2.71. The van der Waals surface area contributed by atoms with Crippen molar-refractivity contribution in [3.8, 4) is 11.4 Å². The zero-order valence-electron chi connectivity index (χ0n) is 17.0. The Kier molecular flexibility index (Phi) is 6.87. The molecule has 29 heavy (non-hydrogen) atoms. The number of nitrogens with zero attached hydrogens (tertiary/aromatic N) is 4. The third-order valence-electron chi connectivity index (χ3n) is 4.30. The highest BCUT2D eigenvalue weighted by Crippen LogP contribution is 2.27. The van der Waals surface area contributed by atoms with Crippen LogP contribution >= 0.6 is 23.1 Å². The Bertz CT molecular complexity index is 970. The topological polar surface area (TPSA) is 72.2 Å². The van der Waals surface area contributed by atoms with Crippen molar-refractivity contribution in [2.24, 2.45) is 5.10 Å². The van der Waals surface area contributed by atoms with Crippen molar-refractivity contribution >= 4 is 35.2 Å². The molecule has 0 spiro atoms. The van der Waals surface area contributed by atoms with E-state index in [2.05, 4.69) is 65.8 Å². The molecule has 0 saturated heterocycles. The number of benzene rings is 1. The van der Waals surface area contributed by atoms with Crippen LogP contribution in [0.5, 0.6) is 0 Å². The second kappa shape index (κ2) is 9.37. The van der Waals surface area contributed by atoms with Gasteiger partial charge in [-0.2, -0.15) is 5.10 Å². The summed E-state index contributed by atoms with van der Waals surface area (Å²) in [6.45, 7) is 9.36. The minimum atomic E-state index is -0.176. The maximum Gasteiger partial charge on any atom is 0.250 e. The normalized spacial score (nSPS) is 11.9. The quantitative estimate of drug-likeness (QED) is 0.341. The van der Waals surface area contributed by atoms with Gasteiger partial charge in [0.05, 0.1) is 12.0 Å². The number of hydrazone groups is 1. The third-order valence-corrected chi connectivity index (χ3v) is 6.07. The van der Waals surface area contributed by atoms with Crippen molar-refractivity contribution in [1.29, 1.82) is 0 Å². The summed E-state index contributed by atoms with van der Waals surface area (Å²) in [5.41, 5.74) is 4.95. The highest BCUT2D eigenvalue weighted by molar-refractivity contribution is 7.99. The summed E-state index contributed by atoms with van der Waals surface area (Å²) in [6.07, 6.45) is 1.64. The summed E-state index contributed by atoms with van der Waals surface area (Å²) in [6, 6.07) is 12.3. The molecule has 0 aliphatic rings. The molecule has 0 atom stereocenters. The molecule has 0 radical (unpaired) electrons. The summed E-state index contributed by atoms with van der Waals surface area (Å²) in [5, 5.41) is 15.3. The van der Waals surface area contributed by atoms with Gasteiger partial charge in [-0.15, -0.1) is 21.5 Å². The molecule has 1 amide bonds. The van der Waals surface area contributed by atoms with Gasteiger partial charge in [-0.25, -0.2) is 5.43 Å². The molecule has 0 aliphatic heterocycles. The van der Waals surface area contributed by atoms with Crippen LogP contribution in [0.15, 0.2) is 52.0 Å². The third kappa shape index (κ3) is 5.55. The van der Waals surface area contributed by atoms with Crippen molar-refractivity contribution in [2.45, 2.75) is 44.8 Å². The van der Waals surface area contributed by atoms with Gasteiger partial charge in [0.25, 0.3) is 5.91 Å². The number of nitrogens with one attached hydrogen (secondary N) is 1. The molecule has 8 heteroatoms. The Balaban J connectivity index is 1.64. The lowest BCUT2D eigenvalue weighted by atomic mass is 9.87. The first-order valence-electron chi connectivity index (χ1n) is 9.41. The van der Waals surface area contributed by atoms with Gasteiger partial charge in [0.1, 0.15) is 0 Å². The summed E-state index contributed by atoms with van der Waals surface area (Å²) in [5.74, 6) is 0.860. The molecule has 2 aromatic heterocycles. The average molecular weight is 428 g/mol. The molecule has 0 saturated carbocycles. The maximum atomic E-state index is 12.1. The van der Waals surface area contributed by atoms with E-state index in [1.165, 1.54) is 17.3 Å². The predicted octanol–water partition coefficient (Wildman–Crippen LogP) is 4.57. The lowest BCUT2D eigenvalue weighted by molar-refractivity contribution is -0.118. The van der Waals surface area contributed by atoms with E-state index >= 15 is 0 Å².